The van der Waals surface area contributed by atoms with E-state index in [1.807, 2.05) is 30.2 Å². The average molecular weight is 465 g/mol. The molecule has 0 saturated heterocycles. The van der Waals surface area contributed by atoms with Gasteiger partial charge in [-0.05, 0) is 43.7 Å². The molecule has 0 radical (unpaired) electrons. The lowest BCUT2D eigenvalue weighted by atomic mass is 9.97. The summed E-state index contributed by atoms with van der Waals surface area (Å²) in [7, 11) is 1.82. The molecule has 0 fully saturated rings. The molecule has 1 aliphatic rings. The molecule has 5 nitrogen and oxygen atoms in total. The summed E-state index contributed by atoms with van der Waals surface area (Å²) in [6.07, 6.45) is 14.3. The Morgan fingerprint density at radius 2 is 2.12 bits per heavy atom. The fourth-order valence-corrected chi connectivity index (χ4v) is 3.19. The van der Waals surface area contributed by atoms with Gasteiger partial charge in [0.1, 0.15) is 0 Å². The van der Waals surface area contributed by atoms with Crippen molar-refractivity contribution >= 4 is 29.9 Å². The third-order valence-electron chi connectivity index (χ3n) is 4.57. The van der Waals surface area contributed by atoms with Crippen LogP contribution in [0.2, 0.25) is 0 Å². The molecule has 6 heteroatoms. The minimum Gasteiger partial charge on any atom is -0.356 e. The van der Waals surface area contributed by atoms with Gasteiger partial charge in [-0.25, -0.2) is 4.98 Å². The Labute approximate surface area is 173 Å². The molecule has 2 N–H and O–H groups in total. The molecule has 2 aromatic rings. The van der Waals surface area contributed by atoms with Gasteiger partial charge in [0.25, 0.3) is 0 Å². The second-order valence-corrected chi connectivity index (χ2v) is 6.31. The highest BCUT2D eigenvalue weighted by molar-refractivity contribution is 14.0. The van der Waals surface area contributed by atoms with Gasteiger partial charge >= 0.3 is 0 Å². The van der Waals surface area contributed by atoms with E-state index in [9.17, 15) is 0 Å². The van der Waals surface area contributed by atoms with E-state index in [0.29, 0.717) is 0 Å². The molecule has 0 aliphatic heterocycles. The third-order valence-corrected chi connectivity index (χ3v) is 4.57. The molecule has 0 spiro atoms. The van der Waals surface area contributed by atoms with Crippen molar-refractivity contribution in [2.24, 2.45) is 4.99 Å². The van der Waals surface area contributed by atoms with E-state index in [0.717, 1.165) is 31.2 Å². The maximum Gasteiger partial charge on any atom is 0.191 e. The number of hydrogen-bond acceptors (Lipinski definition) is 2. The van der Waals surface area contributed by atoms with Gasteiger partial charge in [-0.1, -0.05) is 29.8 Å². The molecule has 3 rings (SSSR count). The first-order chi connectivity index (χ1) is 12.4. The monoisotopic (exact) mass is 465 g/mol. The number of hydrogen-bond donors (Lipinski definition) is 2. The molecule has 0 unspecified atom stereocenters. The van der Waals surface area contributed by atoms with Crippen molar-refractivity contribution in [2.75, 3.05) is 13.6 Å². The van der Waals surface area contributed by atoms with E-state index in [2.05, 4.69) is 44.9 Å². The summed E-state index contributed by atoms with van der Waals surface area (Å²) in [4.78, 5) is 8.47. The Bertz CT molecular complexity index is 722. The Morgan fingerprint density at radius 3 is 2.85 bits per heavy atom. The van der Waals surface area contributed by atoms with Crippen molar-refractivity contribution in [2.45, 2.75) is 38.6 Å². The van der Waals surface area contributed by atoms with Crippen molar-refractivity contribution in [3.05, 3.63) is 60.2 Å². The number of nitrogens with one attached hydrogen (secondary N) is 2. The van der Waals surface area contributed by atoms with Crippen LogP contribution >= 0.6 is 24.0 Å². The van der Waals surface area contributed by atoms with Crippen LogP contribution in [-0.4, -0.2) is 29.1 Å². The molecule has 26 heavy (non-hydrogen) atoms. The number of aromatic nitrogens is 2. The van der Waals surface area contributed by atoms with Crippen molar-refractivity contribution in [1.82, 2.24) is 20.2 Å². The van der Waals surface area contributed by atoms with Crippen LogP contribution in [0.15, 0.2) is 59.6 Å². The standard InChI is InChI=1S/C20H27N5.HI/c1-21-20(23-12-11-17-7-3-2-4-8-17)24-15-18-9-5-6-10-19(18)25-14-13-22-16-25;/h5-7,9-10,13-14,16H,2-4,8,11-12,15H2,1H3,(H2,21,23,24);1H. The zero-order chi connectivity index (χ0) is 17.3. The van der Waals surface area contributed by atoms with Gasteiger partial charge in [-0.3, -0.25) is 4.99 Å². The quantitative estimate of drug-likeness (QED) is 0.293. The van der Waals surface area contributed by atoms with Crippen LogP contribution in [0.25, 0.3) is 5.69 Å². The Hall–Kier alpha value is -1.83. The lowest BCUT2D eigenvalue weighted by Crippen LogP contribution is -2.37. The maximum absolute atomic E-state index is 4.33. The van der Waals surface area contributed by atoms with E-state index in [1.165, 1.54) is 31.2 Å². The maximum atomic E-state index is 4.33. The molecule has 0 amide bonds. The highest BCUT2D eigenvalue weighted by atomic mass is 127. The van der Waals surface area contributed by atoms with Crippen LogP contribution in [0.1, 0.15) is 37.7 Å². The van der Waals surface area contributed by atoms with Crippen molar-refractivity contribution in [3.63, 3.8) is 0 Å². The smallest absolute Gasteiger partial charge is 0.191 e. The van der Waals surface area contributed by atoms with Crippen molar-refractivity contribution in [3.8, 4) is 5.69 Å². The van der Waals surface area contributed by atoms with Crippen molar-refractivity contribution < 1.29 is 0 Å². The lowest BCUT2D eigenvalue weighted by Gasteiger charge is -2.16. The summed E-state index contributed by atoms with van der Waals surface area (Å²) in [6, 6.07) is 8.33. The largest absolute Gasteiger partial charge is 0.356 e. The fourth-order valence-electron chi connectivity index (χ4n) is 3.19. The van der Waals surface area contributed by atoms with Gasteiger partial charge in [0.15, 0.2) is 5.96 Å². The zero-order valence-electron chi connectivity index (χ0n) is 15.3. The Balaban J connectivity index is 0.00000243. The predicted molar refractivity (Wildman–Crippen MR) is 118 cm³/mol. The summed E-state index contributed by atoms with van der Waals surface area (Å²) < 4.78 is 2.03. The number of allylic oxidation sites excluding steroid dienone is 1. The van der Waals surface area contributed by atoms with Crippen LogP contribution in [0.5, 0.6) is 0 Å². The van der Waals surface area contributed by atoms with E-state index < -0.39 is 0 Å². The number of imidazole rings is 1. The number of para-hydroxylation sites is 1. The molecular formula is C20H28IN5. The fraction of sp³-hybridized carbons (Fsp3) is 0.400. The van der Waals surface area contributed by atoms with Gasteiger partial charge in [0.2, 0.25) is 0 Å². The van der Waals surface area contributed by atoms with Gasteiger partial charge < -0.3 is 15.2 Å². The lowest BCUT2D eigenvalue weighted by molar-refractivity contribution is 0.665. The van der Waals surface area contributed by atoms with Crippen LogP contribution in [0.4, 0.5) is 0 Å². The molecule has 1 heterocycles. The molecule has 1 aromatic heterocycles. The van der Waals surface area contributed by atoms with Gasteiger partial charge in [-0.2, -0.15) is 0 Å². The molecule has 0 atom stereocenters. The topological polar surface area (TPSA) is 54.2 Å². The molecule has 1 aliphatic carbocycles. The first-order valence-electron chi connectivity index (χ1n) is 9.05. The summed E-state index contributed by atoms with van der Waals surface area (Å²) in [5, 5.41) is 6.83. The van der Waals surface area contributed by atoms with Gasteiger partial charge in [-0.15, -0.1) is 24.0 Å². The van der Waals surface area contributed by atoms with E-state index in [1.54, 1.807) is 11.8 Å². The molecular weight excluding hydrogens is 437 g/mol. The van der Waals surface area contributed by atoms with E-state index in [4.69, 9.17) is 0 Å². The minimum absolute atomic E-state index is 0. The van der Waals surface area contributed by atoms with Crippen LogP contribution in [0, 0.1) is 0 Å². The molecule has 0 saturated carbocycles. The zero-order valence-corrected chi connectivity index (χ0v) is 17.6. The molecule has 1 aromatic carbocycles. The van der Waals surface area contributed by atoms with Gasteiger partial charge in [0, 0.05) is 32.5 Å². The number of guanidine groups is 1. The minimum atomic E-state index is 0. The Kier molecular flexibility index (Phi) is 8.67. The number of rotatable bonds is 6. The van der Waals surface area contributed by atoms with E-state index in [-0.39, 0.29) is 24.0 Å². The first kappa shape index (κ1) is 20.5. The average Bonchev–Trinajstić information content (AvgIpc) is 3.20. The highest BCUT2D eigenvalue weighted by Gasteiger charge is 2.06. The van der Waals surface area contributed by atoms with Gasteiger partial charge in [0.05, 0.1) is 12.0 Å². The summed E-state index contributed by atoms with van der Waals surface area (Å²) >= 11 is 0. The van der Waals surface area contributed by atoms with E-state index >= 15 is 0 Å². The second-order valence-electron chi connectivity index (χ2n) is 6.31. The number of benzene rings is 1. The van der Waals surface area contributed by atoms with Crippen LogP contribution in [0.3, 0.4) is 0 Å². The highest BCUT2D eigenvalue weighted by Crippen LogP contribution is 2.19. The number of nitrogens with zero attached hydrogens (tertiary/aromatic N) is 3. The van der Waals surface area contributed by atoms with Crippen LogP contribution in [-0.2, 0) is 6.54 Å². The number of halogens is 1. The van der Waals surface area contributed by atoms with Crippen molar-refractivity contribution in [1.29, 1.82) is 0 Å². The summed E-state index contributed by atoms with van der Waals surface area (Å²) in [5.41, 5.74) is 3.92. The molecule has 0 bridgehead atoms. The normalized spacial score (nSPS) is 14.3. The third kappa shape index (κ3) is 5.86. The molecule has 140 valence electrons. The first-order valence-corrected chi connectivity index (χ1v) is 9.05. The second kappa shape index (κ2) is 11.0. The SMILES string of the molecule is CN=C(NCCC1=CCCCC1)NCc1ccccc1-n1ccnc1.I. The number of aliphatic imine (C=N–C) groups is 1. The summed E-state index contributed by atoms with van der Waals surface area (Å²) in [5.74, 6) is 0.844. The Morgan fingerprint density at radius 1 is 1.23 bits per heavy atom. The van der Waals surface area contributed by atoms with Crippen LogP contribution < -0.4 is 10.6 Å². The predicted octanol–water partition coefficient (Wildman–Crippen LogP) is 4.05. The summed E-state index contributed by atoms with van der Waals surface area (Å²) in [6.45, 7) is 1.64.